The van der Waals surface area contributed by atoms with E-state index in [0.717, 1.165) is 24.2 Å². The number of hydrogen-bond donors (Lipinski definition) is 2. The standard InChI is InChI=1S/C24H26N2O5/c27-20-16-19(24(30)31)26(22(20)25-23(29)18-13-7-3-8-14-18)21(28)15-9-2-6-12-17-10-4-1-5-11-17/h1,3-5,7-8,10-11,13-14,19,22H,2,6,9,12,15-16H2,(H,25,29)(H,30,31)/t19-,22-/m0/s1. The monoisotopic (exact) mass is 422 g/mol. The van der Waals surface area contributed by atoms with Crippen LogP contribution >= 0.6 is 0 Å². The summed E-state index contributed by atoms with van der Waals surface area (Å²) in [6.45, 7) is 0. The Labute approximate surface area is 181 Å². The van der Waals surface area contributed by atoms with Gasteiger partial charge in [0, 0.05) is 18.4 Å². The van der Waals surface area contributed by atoms with Gasteiger partial charge in [-0.1, -0.05) is 55.0 Å². The smallest absolute Gasteiger partial charge is 0.326 e. The average molecular weight is 422 g/mol. The van der Waals surface area contributed by atoms with Gasteiger partial charge in [-0.05, 0) is 37.0 Å². The van der Waals surface area contributed by atoms with Crippen LogP contribution < -0.4 is 5.32 Å². The number of rotatable bonds is 9. The average Bonchev–Trinajstić information content (AvgIpc) is 3.11. The number of hydrogen-bond acceptors (Lipinski definition) is 4. The number of benzene rings is 2. The number of nitrogens with one attached hydrogen (secondary N) is 1. The van der Waals surface area contributed by atoms with Crippen molar-refractivity contribution < 1.29 is 24.3 Å². The maximum Gasteiger partial charge on any atom is 0.326 e. The third-order valence-corrected chi connectivity index (χ3v) is 5.39. The van der Waals surface area contributed by atoms with E-state index in [9.17, 15) is 24.3 Å². The Morgan fingerprint density at radius 3 is 2.23 bits per heavy atom. The quantitative estimate of drug-likeness (QED) is 0.605. The number of aliphatic carboxylic acids is 1. The number of likely N-dealkylation sites (tertiary alicyclic amines) is 1. The Kier molecular flexibility index (Phi) is 7.54. The van der Waals surface area contributed by atoms with E-state index in [2.05, 4.69) is 17.4 Å². The summed E-state index contributed by atoms with van der Waals surface area (Å²) < 4.78 is 0. The first-order chi connectivity index (χ1) is 15.0. The Bertz CT molecular complexity index is 930. The Morgan fingerprint density at radius 2 is 1.58 bits per heavy atom. The van der Waals surface area contributed by atoms with Crippen molar-refractivity contribution in [1.29, 1.82) is 0 Å². The lowest BCUT2D eigenvalue weighted by molar-refractivity contribution is -0.150. The SMILES string of the molecule is O=C(N[C@@H]1C(=O)C[C@@H](C(=O)O)N1C(=O)CCCCCc1ccccc1)c1ccccc1. The first-order valence-corrected chi connectivity index (χ1v) is 10.4. The van der Waals surface area contributed by atoms with Crippen molar-refractivity contribution >= 4 is 23.6 Å². The number of carbonyl (C=O) groups excluding carboxylic acids is 3. The van der Waals surface area contributed by atoms with E-state index in [0.29, 0.717) is 12.0 Å². The molecule has 1 fully saturated rings. The van der Waals surface area contributed by atoms with Gasteiger partial charge < -0.3 is 15.3 Å². The molecular weight excluding hydrogens is 396 g/mol. The van der Waals surface area contributed by atoms with E-state index in [4.69, 9.17) is 0 Å². The van der Waals surface area contributed by atoms with Gasteiger partial charge in [-0.25, -0.2) is 4.79 Å². The van der Waals surface area contributed by atoms with Gasteiger partial charge in [0.05, 0.1) is 0 Å². The molecule has 0 aromatic heterocycles. The number of ketones is 1. The molecule has 3 rings (SSSR count). The van der Waals surface area contributed by atoms with Crippen LogP contribution in [-0.2, 0) is 20.8 Å². The van der Waals surface area contributed by atoms with Crippen molar-refractivity contribution in [2.75, 3.05) is 0 Å². The summed E-state index contributed by atoms with van der Waals surface area (Å²) in [4.78, 5) is 50.4. The van der Waals surface area contributed by atoms with Crippen LogP contribution in [0.2, 0.25) is 0 Å². The molecule has 2 aromatic carbocycles. The van der Waals surface area contributed by atoms with E-state index in [-0.39, 0.29) is 12.8 Å². The van der Waals surface area contributed by atoms with Crippen LogP contribution in [0.1, 0.15) is 48.0 Å². The van der Waals surface area contributed by atoms with Gasteiger partial charge in [0.15, 0.2) is 11.9 Å². The van der Waals surface area contributed by atoms with E-state index >= 15 is 0 Å². The first kappa shape index (κ1) is 22.2. The highest BCUT2D eigenvalue weighted by Crippen LogP contribution is 2.23. The molecule has 2 atom stereocenters. The van der Waals surface area contributed by atoms with E-state index in [1.54, 1.807) is 30.3 Å². The second-order valence-corrected chi connectivity index (χ2v) is 7.61. The number of carboxylic acid groups (broad SMARTS) is 1. The lowest BCUT2D eigenvalue weighted by Crippen LogP contribution is -2.53. The summed E-state index contributed by atoms with van der Waals surface area (Å²) in [5.74, 6) is -2.68. The minimum atomic E-state index is -1.26. The van der Waals surface area contributed by atoms with E-state index in [1.165, 1.54) is 5.56 Å². The molecule has 2 amide bonds. The molecule has 1 aliphatic rings. The number of amides is 2. The molecule has 7 nitrogen and oxygen atoms in total. The van der Waals surface area contributed by atoms with Crippen LogP contribution in [0.5, 0.6) is 0 Å². The molecule has 2 aromatic rings. The van der Waals surface area contributed by atoms with Gasteiger partial charge >= 0.3 is 5.97 Å². The highest BCUT2D eigenvalue weighted by molar-refractivity contribution is 6.03. The van der Waals surface area contributed by atoms with Crippen molar-refractivity contribution in [2.45, 2.75) is 50.7 Å². The summed E-state index contributed by atoms with van der Waals surface area (Å²) in [6.07, 6.45) is 1.77. The van der Waals surface area contributed by atoms with Crippen LogP contribution in [0.3, 0.4) is 0 Å². The molecule has 31 heavy (non-hydrogen) atoms. The second-order valence-electron chi connectivity index (χ2n) is 7.61. The minimum absolute atomic E-state index is 0.129. The van der Waals surface area contributed by atoms with Crippen molar-refractivity contribution in [3.8, 4) is 0 Å². The zero-order valence-corrected chi connectivity index (χ0v) is 17.2. The molecule has 0 saturated carbocycles. The number of aryl methyl sites for hydroxylation is 1. The minimum Gasteiger partial charge on any atom is -0.480 e. The third-order valence-electron chi connectivity index (χ3n) is 5.39. The predicted octanol–water partition coefficient (Wildman–Crippen LogP) is 2.80. The van der Waals surface area contributed by atoms with Crippen molar-refractivity contribution in [3.63, 3.8) is 0 Å². The fraction of sp³-hybridized carbons (Fsp3) is 0.333. The van der Waals surface area contributed by atoms with Gasteiger partial charge in [-0.3, -0.25) is 14.4 Å². The van der Waals surface area contributed by atoms with Crippen LogP contribution in [0.15, 0.2) is 60.7 Å². The lowest BCUT2D eigenvalue weighted by Gasteiger charge is -2.27. The zero-order chi connectivity index (χ0) is 22.2. The fourth-order valence-corrected chi connectivity index (χ4v) is 3.76. The Hall–Kier alpha value is -3.48. The summed E-state index contributed by atoms with van der Waals surface area (Å²) in [5.41, 5.74) is 1.57. The zero-order valence-electron chi connectivity index (χ0n) is 17.2. The molecule has 7 heteroatoms. The fourth-order valence-electron chi connectivity index (χ4n) is 3.76. The maximum atomic E-state index is 12.8. The molecule has 0 aliphatic carbocycles. The summed E-state index contributed by atoms with van der Waals surface area (Å²) >= 11 is 0. The highest BCUT2D eigenvalue weighted by Gasteiger charge is 2.47. The summed E-state index contributed by atoms with van der Waals surface area (Å²) in [7, 11) is 0. The molecule has 0 bridgehead atoms. The number of nitrogens with zero attached hydrogens (tertiary/aromatic N) is 1. The van der Waals surface area contributed by atoms with Crippen molar-refractivity contribution in [2.24, 2.45) is 0 Å². The third kappa shape index (κ3) is 5.78. The maximum absolute atomic E-state index is 12.8. The van der Waals surface area contributed by atoms with Gasteiger partial charge in [0.1, 0.15) is 6.04 Å². The van der Waals surface area contributed by atoms with Crippen LogP contribution in [-0.4, -0.2) is 45.8 Å². The van der Waals surface area contributed by atoms with Crippen LogP contribution in [0, 0.1) is 0 Å². The molecule has 162 valence electrons. The number of unbranched alkanes of at least 4 members (excludes halogenated alkanes) is 2. The van der Waals surface area contributed by atoms with Gasteiger partial charge in [0.2, 0.25) is 5.91 Å². The largest absolute Gasteiger partial charge is 0.480 e. The van der Waals surface area contributed by atoms with E-state index in [1.807, 2.05) is 18.2 Å². The molecule has 1 aliphatic heterocycles. The summed E-state index contributed by atoms with van der Waals surface area (Å²) in [5, 5.41) is 12.0. The van der Waals surface area contributed by atoms with E-state index < -0.39 is 35.8 Å². The van der Waals surface area contributed by atoms with Gasteiger partial charge in [-0.2, -0.15) is 0 Å². The Balaban J connectivity index is 1.58. The molecular formula is C24H26N2O5. The topological polar surface area (TPSA) is 104 Å². The number of carbonyl (C=O) groups is 4. The first-order valence-electron chi connectivity index (χ1n) is 10.4. The molecule has 2 N–H and O–H groups in total. The molecule has 0 spiro atoms. The van der Waals surface area contributed by atoms with Crippen LogP contribution in [0.25, 0.3) is 0 Å². The number of Topliss-reactive ketones (excluding diaryl/α,β-unsaturated/α-hetero) is 1. The lowest BCUT2D eigenvalue weighted by atomic mass is 10.1. The van der Waals surface area contributed by atoms with Crippen LogP contribution in [0.4, 0.5) is 0 Å². The Morgan fingerprint density at radius 1 is 0.935 bits per heavy atom. The van der Waals surface area contributed by atoms with Crippen molar-refractivity contribution in [3.05, 3.63) is 71.8 Å². The molecule has 0 radical (unpaired) electrons. The molecule has 1 saturated heterocycles. The van der Waals surface area contributed by atoms with Crippen molar-refractivity contribution in [1.82, 2.24) is 10.2 Å². The predicted molar refractivity (Wildman–Crippen MR) is 114 cm³/mol. The molecule has 1 heterocycles. The number of carboxylic acids is 1. The van der Waals surface area contributed by atoms with Gasteiger partial charge in [0.25, 0.3) is 5.91 Å². The second kappa shape index (κ2) is 10.5. The summed E-state index contributed by atoms with van der Waals surface area (Å²) in [6, 6.07) is 17.1. The molecule has 0 unspecified atom stereocenters. The normalized spacial score (nSPS) is 18.1. The highest BCUT2D eigenvalue weighted by atomic mass is 16.4. The van der Waals surface area contributed by atoms with Gasteiger partial charge in [-0.15, -0.1) is 0 Å².